The predicted octanol–water partition coefficient (Wildman–Crippen LogP) is 1.78. The molecule has 0 fully saturated rings. The van der Waals surface area contributed by atoms with Crippen molar-refractivity contribution in [2.24, 2.45) is 0 Å². The molecule has 0 aromatic heterocycles. The van der Waals surface area contributed by atoms with Gasteiger partial charge in [-0.05, 0) is 25.7 Å². The summed E-state index contributed by atoms with van der Waals surface area (Å²) in [7, 11) is 0. The van der Waals surface area contributed by atoms with E-state index in [0.29, 0.717) is 0 Å². The molecule has 0 heterocycles. The Hall–Kier alpha value is -0.450. The molecule has 0 spiro atoms. The molecule has 0 aliphatic rings. The molecule has 0 amide bonds. The first-order valence-electron chi connectivity index (χ1n) is 3.65. The summed E-state index contributed by atoms with van der Waals surface area (Å²) >= 11 is 4.99. The maximum atomic E-state index is 8.47. The first-order chi connectivity index (χ1) is 5.91. The van der Waals surface area contributed by atoms with Gasteiger partial charge >= 0.3 is 0 Å². The Balaban J connectivity index is 4.20. The lowest BCUT2D eigenvalue weighted by atomic mass is 10.5. The first kappa shape index (κ1) is 12.6. The minimum Gasteiger partial charge on any atom is -0.311 e. The summed E-state index contributed by atoms with van der Waals surface area (Å²) in [6, 6.07) is 3.78. The molecule has 72 valence electrons. The summed E-state index contributed by atoms with van der Waals surface area (Å²) < 4.78 is 10.3. The Morgan fingerprint density at radius 2 is 1.46 bits per heavy atom. The van der Waals surface area contributed by atoms with Crippen molar-refractivity contribution in [3.63, 3.8) is 0 Å². The molecule has 0 bridgehead atoms. The van der Waals surface area contributed by atoms with Gasteiger partial charge in [-0.2, -0.15) is 10.5 Å². The molecule has 2 atom stereocenters. The van der Waals surface area contributed by atoms with Crippen LogP contribution in [0.3, 0.4) is 0 Å². The lowest BCUT2D eigenvalue weighted by Crippen LogP contribution is -2.08. The first-order valence-corrected chi connectivity index (χ1v) is 6.73. The third-order valence-corrected chi connectivity index (χ3v) is 2.98. The molecule has 13 heavy (non-hydrogen) atoms. The maximum Gasteiger partial charge on any atom is 0.188 e. The van der Waals surface area contributed by atoms with Crippen LogP contribution in [-0.2, 0) is 20.9 Å². The van der Waals surface area contributed by atoms with Gasteiger partial charge in [-0.25, -0.2) is 0 Å². The molecule has 0 aliphatic carbocycles. The zero-order chi connectivity index (χ0) is 10.5. The average Bonchev–Trinajstić information content (AvgIpc) is 2.02. The quantitative estimate of drug-likeness (QED) is 0.673. The van der Waals surface area contributed by atoms with Crippen LogP contribution in [0.1, 0.15) is 13.8 Å². The lowest BCUT2D eigenvalue weighted by molar-refractivity contribution is 0.210. The van der Waals surface area contributed by atoms with Crippen LogP contribution >= 0.6 is 6.49 Å². The summed E-state index contributed by atoms with van der Waals surface area (Å²) in [4.78, 5) is 0. The van der Waals surface area contributed by atoms with Gasteiger partial charge in [-0.15, -0.1) is 0 Å². The second kappa shape index (κ2) is 5.32. The van der Waals surface area contributed by atoms with Gasteiger partial charge in [0.1, 0.15) is 12.2 Å². The van der Waals surface area contributed by atoms with Crippen LogP contribution in [0.25, 0.3) is 0 Å². The fourth-order valence-electron chi connectivity index (χ4n) is 0.646. The van der Waals surface area contributed by atoms with Crippen LogP contribution in [0.15, 0.2) is 0 Å². The second-order valence-corrected chi connectivity index (χ2v) is 6.48. The minimum absolute atomic E-state index is 0.596. The maximum absolute atomic E-state index is 8.47. The van der Waals surface area contributed by atoms with Crippen LogP contribution in [0.5, 0.6) is 0 Å². The van der Waals surface area contributed by atoms with Crippen molar-refractivity contribution in [1.82, 2.24) is 0 Å². The highest BCUT2D eigenvalue weighted by atomic mass is 32.5. The van der Waals surface area contributed by atoms with E-state index in [2.05, 4.69) is 0 Å². The van der Waals surface area contributed by atoms with Gasteiger partial charge in [0.25, 0.3) is 0 Å². The van der Waals surface area contributed by atoms with Crippen LogP contribution in [0.4, 0.5) is 0 Å². The summed E-state index contributed by atoms with van der Waals surface area (Å²) in [5.74, 6) is 0. The van der Waals surface area contributed by atoms with E-state index in [4.69, 9.17) is 31.4 Å². The van der Waals surface area contributed by atoms with Crippen molar-refractivity contribution in [3.05, 3.63) is 0 Å². The molecule has 6 heteroatoms. The molecule has 0 aromatic carbocycles. The number of rotatable bonds is 4. The van der Waals surface area contributed by atoms with Gasteiger partial charge in [0, 0.05) is 6.66 Å². The van der Waals surface area contributed by atoms with Gasteiger partial charge in [0.15, 0.2) is 6.49 Å². The highest BCUT2D eigenvalue weighted by Gasteiger charge is 2.18. The minimum atomic E-state index is -2.45. The average molecular weight is 218 g/mol. The number of nitriles is 2. The van der Waals surface area contributed by atoms with E-state index in [1.807, 2.05) is 12.1 Å². The fourth-order valence-corrected chi connectivity index (χ4v) is 2.71. The van der Waals surface area contributed by atoms with Crippen molar-refractivity contribution in [2.45, 2.75) is 26.1 Å². The predicted molar refractivity (Wildman–Crippen MR) is 52.5 cm³/mol. The molecular weight excluding hydrogens is 207 g/mol. The van der Waals surface area contributed by atoms with E-state index in [9.17, 15) is 0 Å². The zero-order valence-corrected chi connectivity index (χ0v) is 9.43. The summed E-state index contributed by atoms with van der Waals surface area (Å²) in [6.07, 6.45) is -1.19. The molecule has 0 N–H and O–H groups in total. The molecule has 0 rings (SSSR count). The molecular formula is C7H11N2O2PS. The van der Waals surface area contributed by atoms with Gasteiger partial charge in [0.05, 0.1) is 12.1 Å². The smallest absolute Gasteiger partial charge is 0.188 e. The Bertz CT molecular complexity index is 268. The number of nitrogens with zero attached hydrogens (tertiary/aromatic N) is 2. The van der Waals surface area contributed by atoms with E-state index < -0.39 is 18.7 Å². The van der Waals surface area contributed by atoms with Crippen molar-refractivity contribution in [2.75, 3.05) is 6.66 Å². The largest absolute Gasteiger partial charge is 0.311 e. The molecule has 0 radical (unpaired) electrons. The van der Waals surface area contributed by atoms with Crippen molar-refractivity contribution >= 4 is 18.3 Å². The SMILES string of the molecule is CC(C#N)OP(C)(=S)OC(C)C#N. The molecule has 4 nitrogen and oxygen atoms in total. The number of hydrogen-bond donors (Lipinski definition) is 0. The van der Waals surface area contributed by atoms with E-state index in [1.54, 1.807) is 20.5 Å². The zero-order valence-electron chi connectivity index (χ0n) is 7.72. The van der Waals surface area contributed by atoms with Gasteiger partial charge in [0.2, 0.25) is 0 Å². The van der Waals surface area contributed by atoms with Crippen molar-refractivity contribution in [1.29, 1.82) is 10.5 Å². The Kier molecular flexibility index (Phi) is 5.13. The van der Waals surface area contributed by atoms with Crippen LogP contribution in [0, 0.1) is 22.7 Å². The van der Waals surface area contributed by atoms with E-state index in [-0.39, 0.29) is 0 Å². The van der Waals surface area contributed by atoms with Gasteiger partial charge in [-0.3, -0.25) is 0 Å². The van der Waals surface area contributed by atoms with Crippen molar-refractivity contribution in [3.8, 4) is 12.1 Å². The van der Waals surface area contributed by atoms with Gasteiger partial charge in [-0.1, -0.05) is 0 Å². The third-order valence-electron chi connectivity index (χ3n) is 1.06. The van der Waals surface area contributed by atoms with Gasteiger partial charge < -0.3 is 9.05 Å². The second-order valence-electron chi connectivity index (χ2n) is 2.52. The Morgan fingerprint density at radius 3 is 1.69 bits per heavy atom. The van der Waals surface area contributed by atoms with Crippen LogP contribution < -0.4 is 0 Å². The fraction of sp³-hybridized carbons (Fsp3) is 0.714. The van der Waals surface area contributed by atoms with E-state index >= 15 is 0 Å². The van der Waals surface area contributed by atoms with Crippen LogP contribution in [-0.4, -0.2) is 18.9 Å². The molecule has 0 saturated heterocycles. The molecule has 0 aromatic rings. The number of hydrogen-bond acceptors (Lipinski definition) is 5. The molecule has 2 unspecified atom stereocenters. The Morgan fingerprint density at radius 1 is 1.15 bits per heavy atom. The van der Waals surface area contributed by atoms with Crippen molar-refractivity contribution < 1.29 is 9.05 Å². The molecule has 0 saturated carbocycles. The topological polar surface area (TPSA) is 66.0 Å². The molecule has 0 aliphatic heterocycles. The normalized spacial score (nSPS) is 19.2. The highest BCUT2D eigenvalue weighted by molar-refractivity contribution is 8.09. The monoisotopic (exact) mass is 218 g/mol. The van der Waals surface area contributed by atoms with E-state index in [0.717, 1.165) is 0 Å². The standard InChI is InChI=1S/C7H11N2O2PS/c1-6(4-8)10-12(3,13)11-7(2)5-9/h6-7H,1-3H3. The van der Waals surface area contributed by atoms with E-state index in [1.165, 1.54) is 0 Å². The lowest BCUT2D eigenvalue weighted by Gasteiger charge is -2.19. The van der Waals surface area contributed by atoms with Crippen LogP contribution in [0.2, 0.25) is 0 Å². The summed E-state index contributed by atoms with van der Waals surface area (Å²) in [6.45, 7) is 2.33. The summed E-state index contributed by atoms with van der Waals surface area (Å²) in [5, 5.41) is 16.9. The Labute approximate surface area is 83.2 Å². The third kappa shape index (κ3) is 5.74. The highest BCUT2D eigenvalue weighted by Crippen LogP contribution is 2.46. The summed E-state index contributed by atoms with van der Waals surface area (Å²) in [5.41, 5.74) is 0.